The van der Waals surface area contributed by atoms with Crippen molar-refractivity contribution < 1.29 is 14.3 Å². The number of rotatable bonds is 3. The minimum absolute atomic E-state index is 0.0858. The van der Waals surface area contributed by atoms with Gasteiger partial charge in [0.2, 0.25) is 0 Å². The molecule has 0 aromatic heterocycles. The molecule has 4 heteroatoms. The number of ketones is 1. The third-order valence-corrected chi connectivity index (χ3v) is 7.57. The smallest absolute Gasteiger partial charge is 0.165 e. The second-order valence-corrected chi connectivity index (χ2v) is 8.72. The van der Waals surface area contributed by atoms with Crippen LogP contribution in [-0.2, 0) is 16.6 Å². The van der Waals surface area contributed by atoms with Crippen molar-refractivity contribution in [3.8, 4) is 11.5 Å². The van der Waals surface area contributed by atoms with E-state index in [9.17, 15) is 4.79 Å². The summed E-state index contributed by atoms with van der Waals surface area (Å²) in [6.45, 7) is 2.30. The molecule has 0 radical (unpaired) electrons. The first-order valence-electron chi connectivity index (χ1n) is 9.86. The summed E-state index contributed by atoms with van der Waals surface area (Å²) in [6.07, 6.45) is 6.50. The van der Waals surface area contributed by atoms with Crippen LogP contribution in [0.2, 0.25) is 0 Å². The Labute approximate surface area is 148 Å². The Kier molecular flexibility index (Phi) is 2.80. The van der Waals surface area contributed by atoms with Crippen LogP contribution in [0.1, 0.15) is 43.2 Å². The fourth-order valence-electron chi connectivity index (χ4n) is 6.39. The highest BCUT2D eigenvalue weighted by molar-refractivity contribution is 5.87. The molecular formula is C21H25NO3. The maximum absolute atomic E-state index is 13.1. The van der Waals surface area contributed by atoms with E-state index in [4.69, 9.17) is 9.47 Å². The van der Waals surface area contributed by atoms with Crippen LogP contribution >= 0.6 is 0 Å². The summed E-state index contributed by atoms with van der Waals surface area (Å²) < 4.78 is 12.1. The zero-order valence-corrected chi connectivity index (χ0v) is 14.8. The zero-order chi connectivity index (χ0) is 16.8. The fraction of sp³-hybridized carbons (Fsp3) is 0.667. The molecule has 1 aromatic rings. The summed E-state index contributed by atoms with van der Waals surface area (Å²) in [4.78, 5) is 15.8. The number of likely N-dealkylation sites (tertiary alicyclic amines) is 1. The molecule has 4 atom stereocenters. The van der Waals surface area contributed by atoms with Crippen molar-refractivity contribution in [1.82, 2.24) is 4.90 Å². The van der Waals surface area contributed by atoms with Crippen LogP contribution in [0.3, 0.4) is 0 Å². The van der Waals surface area contributed by atoms with Crippen LogP contribution in [-0.4, -0.2) is 43.0 Å². The largest absolute Gasteiger partial charge is 0.493 e. The standard InChI is InChI=1S/C21H25NO3/c1-24-16-6-4-13-10-14-19-15(23)5-7-17-21(19,18(13)20(16)25-17)8-9-22(14)11-12-2-3-12/h4,6,12,14,17,19H,2-3,5,7-11H2,1H3/t14-,17+,19-,21-/m1/s1. The lowest BCUT2D eigenvalue weighted by Crippen LogP contribution is -2.67. The molecule has 2 bridgehead atoms. The van der Waals surface area contributed by atoms with Crippen LogP contribution in [0.15, 0.2) is 12.1 Å². The lowest BCUT2D eigenvalue weighted by atomic mass is 9.51. The average Bonchev–Trinajstić information content (AvgIpc) is 3.37. The van der Waals surface area contributed by atoms with Gasteiger partial charge >= 0.3 is 0 Å². The molecule has 1 spiro atoms. The van der Waals surface area contributed by atoms with E-state index in [1.54, 1.807) is 7.11 Å². The number of carbonyl (C=O) groups is 1. The molecule has 2 aliphatic heterocycles. The molecule has 1 aromatic carbocycles. The SMILES string of the molecule is COc1ccc2c3c1O[C@H]1CCC(=O)[C@H]4[C@@H](C2)N(CC2CC2)CC[C@]314. The lowest BCUT2D eigenvalue weighted by molar-refractivity contribution is -0.140. The summed E-state index contributed by atoms with van der Waals surface area (Å²) in [6, 6.07) is 4.67. The normalized spacial score (nSPS) is 38.3. The number of hydrogen-bond acceptors (Lipinski definition) is 4. The van der Waals surface area contributed by atoms with Gasteiger partial charge in [-0.05, 0) is 56.2 Å². The van der Waals surface area contributed by atoms with Crippen molar-refractivity contribution >= 4 is 5.78 Å². The first-order valence-corrected chi connectivity index (χ1v) is 9.86. The number of methoxy groups -OCH3 is 1. The molecule has 6 rings (SSSR count). The Bertz CT molecular complexity index is 771. The van der Waals surface area contributed by atoms with Crippen molar-refractivity contribution in [1.29, 1.82) is 0 Å². The highest BCUT2D eigenvalue weighted by atomic mass is 16.5. The predicted octanol–water partition coefficient (Wildman–Crippen LogP) is 2.71. The van der Waals surface area contributed by atoms with Gasteiger partial charge in [0.15, 0.2) is 11.5 Å². The molecule has 4 nitrogen and oxygen atoms in total. The minimum Gasteiger partial charge on any atom is -0.493 e. The van der Waals surface area contributed by atoms with Gasteiger partial charge in [0, 0.05) is 35.9 Å². The molecule has 3 aliphatic carbocycles. The summed E-state index contributed by atoms with van der Waals surface area (Å²) in [5.41, 5.74) is 2.64. The van der Waals surface area contributed by atoms with E-state index in [-0.39, 0.29) is 17.4 Å². The number of ether oxygens (including phenoxy) is 2. The maximum Gasteiger partial charge on any atom is 0.165 e. The third-order valence-electron chi connectivity index (χ3n) is 7.57. The van der Waals surface area contributed by atoms with Crippen molar-refractivity contribution in [2.75, 3.05) is 20.2 Å². The van der Waals surface area contributed by atoms with Gasteiger partial charge in [-0.2, -0.15) is 0 Å². The fourth-order valence-corrected chi connectivity index (χ4v) is 6.39. The van der Waals surface area contributed by atoms with E-state index in [1.165, 1.54) is 30.5 Å². The minimum atomic E-state index is -0.0858. The summed E-state index contributed by atoms with van der Waals surface area (Å²) >= 11 is 0. The molecule has 0 amide bonds. The number of hydrogen-bond donors (Lipinski definition) is 0. The number of benzene rings is 1. The van der Waals surface area contributed by atoms with E-state index in [0.29, 0.717) is 18.2 Å². The van der Waals surface area contributed by atoms with Crippen molar-refractivity contribution in [3.05, 3.63) is 23.3 Å². The number of Topliss-reactive ketones (excluding diaryl/α,β-unsaturated/α-hetero) is 1. The van der Waals surface area contributed by atoms with E-state index in [2.05, 4.69) is 17.0 Å². The molecule has 0 unspecified atom stereocenters. The molecule has 1 saturated heterocycles. The quantitative estimate of drug-likeness (QED) is 0.849. The van der Waals surface area contributed by atoms with Crippen LogP contribution in [0.4, 0.5) is 0 Å². The summed E-state index contributed by atoms with van der Waals surface area (Å²) in [5, 5.41) is 0. The van der Waals surface area contributed by atoms with Crippen molar-refractivity contribution in [2.45, 2.75) is 56.1 Å². The molecule has 25 heavy (non-hydrogen) atoms. The Balaban J connectivity index is 1.54. The van der Waals surface area contributed by atoms with Gasteiger partial charge < -0.3 is 9.47 Å². The molecule has 2 saturated carbocycles. The molecular weight excluding hydrogens is 314 g/mol. The monoisotopic (exact) mass is 339 g/mol. The van der Waals surface area contributed by atoms with Crippen LogP contribution in [0.5, 0.6) is 11.5 Å². The molecule has 2 heterocycles. The summed E-state index contributed by atoms with van der Waals surface area (Å²) in [5.74, 6) is 3.26. The topological polar surface area (TPSA) is 38.8 Å². The lowest BCUT2D eigenvalue weighted by Gasteiger charge is -2.57. The van der Waals surface area contributed by atoms with E-state index in [0.717, 1.165) is 43.2 Å². The first-order chi connectivity index (χ1) is 12.2. The van der Waals surface area contributed by atoms with E-state index in [1.807, 2.05) is 0 Å². The van der Waals surface area contributed by atoms with E-state index < -0.39 is 0 Å². The highest BCUT2D eigenvalue weighted by Gasteiger charge is 2.66. The van der Waals surface area contributed by atoms with Crippen LogP contribution in [0.25, 0.3) is 0 Å². The third kappa shape index (κ3) is 1.74. The second-order valence-electron chi connectivity index (χ2n) is 8.72. The zero-order valence-electron chi connectivity index (χ0n) is 14.8. The summed E-state index contributed by atoms with van der Waals surface area (Å²) in [7, 11) is 1.72. The van der Waals surface area contributed by atoms with Gasteiger partial charge in [0.05, 0.1) is 7.11 Å². The average molecular weight is 339 g/mol. The van der Waals surface area contributed by atoms with Gasteiger partial charge in [-0.3, -0.25) is 9.69 Å². The van der Waals surface area contributed by atoms with E-state index >= 15 is 0 Å². The van der Waals surface area contributed by atoms with Crippen LogP contribution < -0.4 is 9.47 Å². The Morgan fingerprint density at radius 2 is 2.20 bits per heavy atom. The maximum atomic E-state index is 13.1. The molecule has 5 aliphatic rings. The van der Waals surface area contributed by atoms with Crippen LogP contribution in [0, 0.1) is 11.8 Å². The van der Waals surface area contributed by atoms with Gasteiger partial charge in [-0.15, -0.1) is 0 Å². The second kappa shape index (κ2) is 4.79. The molecule has 0 N–H and O–H groups in total. The molecule has 3 fully saturated rings. The molecule has 132 valence electrons. The van der Waals surface area contributed by atoms with Gasteiger partial charge in [-0.1, -0.05) is 6.07 Å². The number of piperidine rings is 1. The Hall–Kier alpha value is -1.55. The Morgan fingerprint density at radius 3 is 3.00 bits per heavy atom. The number of carbonyl (C=O) groups excluding carboxylic acids is 1. The van der Waals surface area contributed by atoms with Crippen molar-refractivity contribution in [3.63, 3.8) is 0 Å². The Morgan fingerprint density at radius 1 is 1.32 bits per heavy atom. The predicted molar refractivity (Wildman–Crippen MR) is 93.2 cm³/mol. The van der Waals surface area contributed by atoms with Gasteiger partial charge in [0.1, 0.15) is 11.9 Å². The number of nitrogens with zero attached hydrogens (tertiary/aromatic N) is 1. The first kappa shape index (κ1) is 14.6. The van der Waals surface area contributed by atoms with Gasteiger partial charge in [-0.25, -0.2) is 0 Å². The van der Waals surface area contributed by atoms with Crippen molar-refractivity contribution in [2.24, 2.45) is 11.8 Å². The van der Waals surface area contributed by atoms with Gasteiger partial charge in [0.25, 0.3) is 0 Å². The highest BCUT2D eigenvalue weighted by Crippen LogP contribution is 2.63.